The first-order chi connectivity index (χ1) is 11.1. The van der Waals surface area contributed by atoms with Crippen LogP contribution < -0.4 is 5.56 Å². The lowest BCUT2D eigenvalue weighted by molar-refractivity contribution is 0.625. The average molecular weight is 343 g/mol. The molecule has 0 aliphatic heterocycles. The smallest absolute Gasteiger partial charge is 0.272 e. The molecule has 0 aliphatic carbocycles. The first-order valence-corrected chi connectivity index (χ1v) is 8.11. The maximum Gasteiger partial charge on any atom is 0.272 e. The molecule has 7 heteroatoms. The normalized spacial score (nSPS) is 11.3. The summed E-state index contributed by atoms with van der Waals surface area (Å²) in [4.78, 5) is 21.0. The summed E-state index contributed by atoms with van der Waals surface area (Å²) in [6, 6.07) is 9.77. The fourth-order valence-electron chi connectivity index (χ4n) is 2.51. The predicted octanol–water partition coefficient (Wildman–Crippen LogP) is 3.86. The number of aromatic amines is 1. The van der Waals surface area contributed by atoms with Gasteiger partial charge in [0.25, 0.3) is 5.56 Å². The van der Waals surface area contributed by atoms with E-state index in [9.17, 15) is 9.18 Å². The number of halogens is 1. The Morgan fingerprint density at radius 2 is 2.04 bits per heavy atom. The van der Waals surface area contributed by atoms with Crippen LogP contribution in [0.2, 0.25) is 0 Å². The Kier molecular flexibility index (Phi) is 3.32. The predicted molar refractivity (Wildman–Crippen MR) is 92.1 cm³/mol. The molecule has 0 radical (unpaired) electrons. The van der Waals surface area contributed by atoms with Crippen molar-refractivity contribution in [3.63, 3.8) is 0 Å². The molecule has 114 valence electrons. The molecule has 1 aromatic carbocycles. The van der Waals surface area contributed by atoms with E-state index >= 15 is 0 Å². The molecular weight excluding hydrogens is 333 g/mol. The number of hydrogen-bond acceptors (Lipinski definition) is 4. The van der Waals surface area contributed by atoms with Crippen molar-refractivity contribution in [2.24, 2.45) is 0 Å². The van der Waals surface area contributed by atoms with Gasteiger partial charge >= 0.3 is 0 Å². The third kappa shape index (κ3) is 2.38. The van der Waals surface area contributed by atoms with Gasteiger partial charge in [-0.15, -0.1) is 11.3 Å². The van der Waals surface area contributed by atoms with Crippen molar-refractivity contribution in [2.45, 2.75) is 6.54 Å². The average Bonchev–Trinajstić information content (AvgIpc) is 2.92. The van der Waals surface area contributed by atoms with E-state index in [0.29, 0.717) is 16.0 Å². The summed E-state index contributed by atoms with van der Waals surface area (Å²) in [5.41, 5.74) is 1.38. The quantitative estimate of drug-likeness (QED) is 0.562. The van der Waals surface area contributed by atoms with Gasteiger partial charge in [-0.3, -0.25) is 9.36 Å². The number of H-pyrrole nitrogens is 1. The van der Waals surface area contributed by atoms with Gasteiger partial charge in [-0.1, -0.05) is 12.1 Å². The van der Waals surface area contributed by atoms with Crippen molar-refractivity contribution in [2.75, 3.05) is 0 Å². The van der Waals surface area contributed by atoms with Crippen molar-refractivity contribution in [1.29, 1.82) is 0 Å². The highest BCUT2D eigenvalue weighted by molar-refractivity contribution is 7.71. The van der Waals surface area contributed by atoms with E-state index in [0.717, 1.165) is 21.3 Å². The molecule has 0 saturated carbocycles. The summed E-state index contributed by atoms with van der Waals surface area (Å²) in [6.45, 7) is 0.298. The fourth-order valence-corrected chi connectivity index (χ4v) is 3.81. The Morgan fingerprint density at radius 1 is 1.26 bits per heavy atom. The van der Waals surface area contributed by atoms with Crippen LogP contribution in [0.4, 0.5) is 4.39 Å². The topological polar surface area (TPSA) is 50.7 Å². The maximum atomic E-state index is 13.0. The van der Waals surface area contributed by atoms with Gasteiger partial charge in [0, 0.05) is 11.6 Å². The zero-order valence-electron chi connectivity index (χ0n) is 11.7. The van der Waals surface area contributed by atoms with Gasteiger partial charge in [0.15, 0.2) is 4.77 Å². The van der Waals surface area contributed by atoms with Crippen LogP contribution in [0.5, 0.6) is 0 Å². The van der Waals surface area contributed by atoms with Gasteiger partial charge in [-0.05, 0) is 42.0 Å². The molecular formula is C16H10FN3OS2. The van der Waals surface area contributed by atoms with Gasteiger partial charge in [0.05, 0.1) is 12.1 Å². The lowest BCUT2D eigenvalue weighted by Gasteiger charge is -2.06. The summed E-state index contributed by atoms with van der Waals surface area (Å²) >= 11 is 6.68. The molecule has 4 aromatic rings. The lowest BCUT2D eigenvalue weighted by atomic mass is 10.2. The van der Waals surface area contributed by atoms with E-state index in [-0.39, 0.29) is 11.4 Å². The van der Waals surface area contributed by atoms with Gasteiger partial charge in [-0.25, -0.2) is 9.37 Å². The van der Waals surface area contributed by atoms with Gasteiger partial charge < -0.3 is 4.98 Å². The van der Waals surface area contributed by atoms with Gasteiger partial charge in [0.2, 0.25) is 0 Å². The standard InChI is InChI=1S/C16H10FN3OS2/c17-10-5-3-9(4-6-10)8-20-15(21)13-12(19-16(20)22)11-2-1-7-18-14(11)23-13/h1-7H,8H2,(H,19,22). The van der Waals surface area contributed by atoms with E-state index in [1.807, 2.05) is 12.1 Å². The Bertz CT molecular complexity index is 1140. The molecule has 4 rings (SSSR count). The van der Waals surface area contributed by atoms with Crippen LogP contribution in [-0.4, -0.2) is 14.5 Å². The molecule has 23 heavy (non-hydrogen) atoms. The Balaban J connectivity index is 1.94. The first kappa shape index (κ1) is 14.2. The number of benzene rings is 1. The van der Waals surface area contributed by atoms with E-state index in [1.165, 1.54) is 28.0 Å². The summed E-state index contributed by atoms with van der Waals surface area (Å²) in [5.74, 6) is -0.308. The fraction of sp³-hybridized carbons (Fsp3) is 0.0625. The molecule has 0 bridgehead atoms. The van der Waals surface area contributed by atoms with Crippen LogP contribution in [0, 0.1) is 10.6 Å². The maximum absolute atomic E-state index is 13.0. The Hall–Kier alpha value is -2.38. The van der Waals surface area contributed by atoms with Crippen molar-refractivity contribution in [3.8, 4) is 0 Å². The minimum Gasteiger partial charge on any atom is -0.330 e. The van der Waals surface area contributed by atoms with Crippen molar-refractivity contribution < 1.29 is 4.39 Å². The largest absolute Gasteiger partial charge is 0.330 e. The number of rotatable bonds is 2. The van der Waals surface area contributed by atoms with E-state index < -0.39 is 0 Å². The van der Waals surface area contributed by atoms with Crippen LogP contribution in [0.25, 0.3) is 20.4 Å². The van der Waals surface area contributed by atoms with Crippen LogP contribution >= 0.6 is 23.6 Å². The summed E-state index contributed by atoms with van der Waals surface area (Å²) in [6.07, 6.45) is 1.70. The van der Waals surface area contributed by atoms with E-state index in [1.54, 1.807) is 18.3 Å². The Labute approximate surface area is 138 Å². The number of nitrogens with one attached hydrogen (secondary N) is 1. The first-order valence-electron chi connectivity index (χ1n) is 6.88. The number of aromatic nitrogens is 3. The lowest BCUT2D eigenvalue weighted by Crippen LogP contribution is -2.21. The molecule has 0 unspecified atom stereocenters. The second-order valence-corrected chi connectivity index (χ2v) is 6.50. The second kappa shape index (κ2) is 5.36. The molecule has 3 aromatic heterocycles. The molecule has 0 saturated heterocycles. The Morgan fingerprint density at radius 3 is 2.83 bits per heavy atom. The van der Waals surface area contributed by atoms with Crippen molar-refractivity contribution >= 4 is 44.0 Å². The number of hydrogen-bond donors (Lipinski definition) is 1. The molecule has 0 fully saturated rings. The summed E-state index contributed by atoms with van der Waals surface area (Å²) in [7, 11) is 0. The van der Waals surface area contributed by atoms with Crippen LogP contribution in [0.1, 0.15) is 5.56 Å². The number of pyridine rings is 1. The molecule has 1 N–H and O–H groups in total. The van der Waals surface area contributed by atoms with Gasteiger partial charge in [-0.2, -0.15) is 0 Å². The molecule has 0 spiro atoms. The van der Waals surface area contributed by atoms with E-state index in [4.69, 9.17) is 12.2 Å². The SMILES string of the molecule is O=c1c2sc3ncccc3c2[nH]c(=S)n1Cc1ccc(F)cc1. The zero-order valence-corrected chi connectivity index (χ0v) is 13.4. The highest BCUT2D eigenvalue weighted by Gasteiger charge is 2.12. The third-order valence-corrected chi connectivity index (χ3v) is 5.06. The minimum atomic E-state index is -0.308. The molecule has 4 nitrogen and oxygen atoms in total. The second-order valence-electron chi connectivity index (χ2n) is 5.11. The van der Waals surface area contributed by atoms with Gasteiger partial charge in [0.1, 0.15) is 15.3 Å². The summed E-state index contributed by atoms with van der Waals surface area (Å²) < 4.78 is 15.4. The number of nitrogens with zero attached hydrogens (tertiary/aromatic N) is 2. The zero-order chi connectivity index (χ0) is 16.0. The highest BCUT2D eigenvalue weighted by atomic mass is 32.1. The molecule has 3 heterocycles. The van der Waals surface area contributed by atoms with Crippen molar-refractivity contribution in [3.05, 3.63) is 69.1 Å². The van der Waals surface area contributed by atoms with Crippen LogP contribution in [-0.2, 0) is 6.54 Å². The summed E-state index contributed by atoms with van der Waals surface area (Å²) in [5, 5.41) is 0.893. The van der Waals surface area contributed by atoms with Crippen LogP contribution in [0.15, 0.2) is 47.4 Å². The number of fused-ring (bicyclic) bond motifs is 3. The molecule has 0 atom stereocenters. The third-order valence-electron chi connectivity index (χ3n) is 3.64. The van der Waals surface area contributed by atoms with E-state index in [2.05, 4.69) is 9.97 Å². The minimum absolute atomic E-state index is 0.156. The monoisotopic (exact) mass is 343 g/mol. The van der Waals surface area contributed by atoms with Crippen molar-refractivity contribution in [1.82, 2.24) is 14.5 Å². The highest BCUT2D eigenvalue weighted by Crippen LogP contribution is 2.28. The molecule has 0 amide bonds. The molecule has 0 aliphatic rings. The van der Waals surface area contributed by atoms with Crippen LogP contribution in [0.3, 0.4) is 0 Å². The number of thiophene rings is 1.